The molecular formula is C19H30N6O. The predicted octanol–water partition coefficient (Wildman–Crippen LogP) is 2.43. The zero-order chi connectivity index (χ0) is 18.6. The van der Waals surface area contributed by atoms with Crippen LogP contribution in [0.3, 0.4) is 0 Å². The van der Waals surface area contributed by atoms with Crippen LogP contribution in [0.5, 0.6) is 5.75 Å². The van der Waals surface area contributed by atoms with Crippen LogP contribution in [-0.2, 0) is 13.6 Å². The van der Waals surface area contributed by atoms with E-state index < -0.39 is 0 Å². The Morgan fingerprint density at radius 1 is 1.12 bits per heavy atom. The Bertz CT molecular complexity index is 668. The van der Waals surface area contributed by atoms with Crippen LogP contribution in [0.15, 0.2) is 35.3 Å². The highest BCUT2D eigenvalue weighted by Crippen LogP contribution is 2.08. The van der Waals surface area contributed by atoms with Crippen molar-refractivity contribution < 1.29 is 4.74 Å². The minimum absolute atomic E-state index is 0.499. The van der Waals surface area contributed by atoms with Gasteiger partial charge < -0.3 is 19.9 Å². The fourth-order valence-electron chi connectivity index (χ4n) is 2.28. The molecule has 0 amide bonds. The topological polar surface area (TPSA) is 76.4 Å². The summed E-state index contributed by atoms with van der Waals surface area (Å²) in [6.07, 6.45) is 3.15. The first kappa shape index (κ1) is 19.8. The maximum Gasteiger partial charge on any atom is 0.191 e. The van der Waals surface area contributed by atoms with E-state index in [0.717, 1.165) is 55.7 Å². The fourth-order valence-corrected chi connectivity index (χ4v) is 2.28. The first-order valence-corrected chi connectivity index (χ1v) is 9.25. The number of aromatic nitrogens is 3. The van der Waals surface area contributed by atoms with Crippen molar-refractivity contribution in [2.24, 2.45) is 12.0 Å². The number of nitrogens with one attached hydrogen (secondary N) is 2. The van der Waals surface area contributed by atoms with Gasteiger partial charge in [-0.15, -0.1) is 10.2 Å². The number of rotatable bonds is 10. The average molecular weight is 358 g/mol. The van der Waals surface area contributed by atoms with E-state index in [1.165, 1.54) is 0 Å². The molecule has 0 radical (unpaired) electrons. The second kappa shape index (κ2) is 11.1. The lowest BCUT2D eigenvalue weighted by Gasteiger charge is -2.13. The van der Waals surface area contributed by atoms with Gasteiger partial charge >= 0.3 is 0 Å². The molecule has 0 saturated carbocycles. The van der Waals surface area contributed by atoms with Gasteiger partial charge in [-0.05, 0) is 31.9 Å². The van der Waals surface area contributed by atoms with Crippen LogP contribution in [0.2, 0.25) is 0 Å². The van der Waals surface area contributed by atoms with Crippen molar-refractivity contribution >= 4 is 5.96 Å². The maximum atomic E-state index is 5.71. The van der Waals surface area contributed by atoms with Crippen LogP contribution in [0.25, 0.3) is 0 Å². The Balaban J connectivity index is 1.78. The molecule has 1 aromatic carbocycles. The quantitative estimate of drug-likeness (QED) is 0.387. The second-order valence-corrected chi connectivity index (χ2v) is 6.11. The summed E-state index contributed by atoms with van der Waals surface area (Å²) in [5.74, 6) is 3.45. The van der Waals surface area contributed by atoms with E-state index in [2.05, 4.69) is 32.7 Å². The highest BCUT2D eigenvalue weighted by atomic mass is 16.5. The van der Waals surface area contributed by atoms with E-state index in [9.17, 15) is 0 Å². The van der Waals surface area contributed by atoms with Gasteiger partial charge in [-0.25, -0.2) is 4.99 Å². The molecule has 142 valence electrons. The van der Waals surface area contributed by atoms with Gasteiger partial charge in [0, 0.05) is 20.1 Å². The maximum absolute atomic E-state index is 5.71. The molecule has 0 fully saturated rings. The predicted molar refractivity (Wildman–Crippen MR) is 104 cm³/mol. The van der Waals surface area contributed by atoms with Crippen LogP contribution >= 0.6 is 0 Å². The number of aliphatic imine (C=N–C) groups is 1. The summed E-state index contributed by atoms with van der Waals surface area (Å²) in [7, 11) is 1.96. The summed E-state index contributed by atoms with van der Waals surface area (Å²) in [6, 6.07) is 9.87. The Morgan fingerprint density at radius 2 is 1.85 bits per heavy atom. The molecular weight excluding hydrogens is 328 g/mol. The summed E-state index contributed by atoms with van der Waals surface area (Å²) >= 11 is 0. The molecule has 2 rings (SSSR count). The summed E-state index contributed by atoms with van der Waals surface area (Å²) in [6.45, 7) is 6.98. The molecule has 0 unspecified atom stereocenters. The minimum atomic E-state index is 0.499. The van der Waals surface area contributed by atoms with Crippen molar-refractivity contribution in [3.8, 4) is 5.75 Å². The van der Waals surface area contributed by atoms with Gasteiger partial charge in [0.15, 0.2) is 11.8 Å². The number of aryl methyl sites for hydroxylation is 1. The first-order valence-electron chi connectivity index (χ1n) is 9.25. The number of benzene rings is 1. The molecule has 0 aliphatic rings. The monoisotopic (exact) mass is 358 g/mol. The standard InChI is InChI=1S/C19H30N6O/c1-4-5-12-20-19(22-15-18-24-23-16(2)25(18)3)21-13-9-14-26-17-10-7-6-8-11-17/h6-8,10-11H,4-5,9,12-15H2,1-3H3,(H2,20,21,22). The van der Waals surface area contributed by atoms with Crippen molar-refractivity contribution in [2.75, 3.05) is 19.7 Å². The first-order chi connectivity index (χ1) is 12.7. The van der Waals surface area contributed by atoms with Crippen molar-refractivity contribution in [1.29, 1.82) is 0 Å². The van der Waals surface area contributed by atoms with E-state index in [1.54, 1.807) is 0 Å². The number of para-hydroxylation sites is 1. The molecule has 26 heavy (non-hydrogen) atoms. The third-order valence-electron chi connectivity index (χ3n) is 4.01. The van der Waals surface area contributed by atoms with Gasteiger partial charge in [-0.1, -0.05) is 31.5 Å². The number of nitrogens with zero attached hydrogens (tertiary/aromatic N) is 4. The van der Waals surface area contributed by atoms with Crippen LogP contribution in [0.4, 0.5) is 0 Å². The van der Waals surface area contributed by atoms with Crippen LogP contribution in [0.1, 0.15) is 37.8 Å². The van der Waals surface area contributed by atoms with E-state index in [4.69, 9.17) is 4.74 Å². The second-order valence-electron chi connectivity index (χ2n) is 6.11. The van der Waals surface area contributed by atoms with Gasteiger partial charge in [0.25, 0.3) is 0 Å². The third-order valence-corrected chi connectivity index (χ3v) is 4.01. The van der Waals surface area contributed by atoms with Crippen molar-refractivity contribution in [2.45, 2.75) is 39.7 Å². The lowest BCUT2D eigenvalue weighted by atomic mass is 10.3. The van der Waals surface area contributed by atoms with Crippen molar-refractivity contribution in [1.82, 2.24) is 25.4 Å². The number of hydrogen-bond donors (Lipinski definition) is 2. The molecule has 0 bridgehead atoms. The molecule has 1 aromatic heterocycles. The zero-order valence-corrected chi connectivity index (χ0v) is 16.0. The summed E-state index contributed by atoms with van der Waals surface area (Å²) in [5.41, 5.74) is 0. The van der Waals surface area contributed by atoms with Crippen LogP contribution in [0, 0.1) is 6.92 Å². The number of ether oxygens (including phenoxy) is 1. The van der Waals surface area contributed by atoms with Gasteiger partial charge in [0.1, 0.15) is 18.1 Å². The Hall–Kier alpha value is -2.57. The molecule has 2 aromatic rings. The van der Waals surface area contributed by atoms with Gasteiger partial charge in [-0.2, -0.15) is 0 Å². The van der Waals surface area contributed by atoms with Crippen LogP contribution in [-0.4, -0.2) is 40.4 Å². The molecule has 0 aliphatic carbocycles. The Labute approximate surface area is 155 Å². The number of guanidine groups is 1. The normalized spacial score (nSPS) is 11.4. The van der Waals surface area contributed by atoms with E-state index in [1.807, 2.05) is 48.9 Å². The Kier molecular flexibility index (Phi) is 8.45. The SMILES string of the molecule is CCCCNC(=NCc1nnc(C)n1C)NCCCOc1ccccc1. The Morgan fingerprint density at radius 3 is 2.50 bits per heavy atom. The van der Waals surface area contributed by atoms with E-state index in [-0.39, 0.29) is 0 Å². The van der Waals surface area contributed by atoms with Crippen molar-refractivity contribution in [3.63, 3.8) is 0 Å². The lowest BCUT2D eigenvalue weighted by Crippen LogP contribution is -2.38. The zero-order valence-electron chi connectivity index (χ0n) is 16.0. The molecule has 0 atom stereocenters. The molecule has 0 aliphatic heterocycles. The van der Waals surface area contributed by atoms with Crippen molar-refractivity contribution in [3.05, 3.63) is 42.0 Å². The van der Waals surface area contributed by atoms with Gasteiger partial charge in [0.05, 0.1) is 6.61 Å². The van der Waals surface area contributed by atoms with Gasteiger partial charge in [0.2, 0.25) is 0 Å². The molecule has 7 nitrogen and oxygen atoms in total. The largest absolute Gasteiger partial charge is 0.494 e. The molecule has 2 N–H and O–H groups in total. The average Bonchev–Trinajstić information content (AvgIpc) is 2.98. The molecule has 7 heteroatoms. The summed E-state index contributed by atoms with van der Waals surface area (Å²) < 4.78 is 7.67. The third kappa shape index (κ3) is 6.74. The number of hydrogen-bond acceptors (Lipinski definition) is 4. The fraction of sp³-hybridized carbons (Fsp3) is 0.526. The van der Waals surface area contributed by atoms with Crippen LogP contribution < -0.4 is 15.4 Å². The smallest absolute Gasteiger partial charge is 0.191 e. The molecule has 1 heterocycles. The lowest BCUT2D eigenvalue weighted by molar-refractivity contribution is 0.311. The number of unbranched alkanes of at least 4 members (excludes halogenated alkanes) is 1. The summed E-state index contributed by atoms with van der Waals surface area (Å²) in [4.78, 5) is 4.63. The summed E-state index contributed by atoms with van der Waals surface area (Å²) in [5, 5.41) is 15.0. The van der Waals surface area contributed by atoms with E-state index in [0.29, 0.717) is 13.2 Å². The minimum Gasteiger partial charge on any atom is -0.494 e. The van der Waals surface area contributed by atoms with E-state index >= 15 is 0 Å². The molecule has 0 saturated heterocycles. The highest BCUT2D eigenvalue weighted by Gasteiger charge is 2.05. The highest BCUT2D eigenvalue weighted by molar-refractivity contribution is 5.79. The molecule has 0 spiro atoms. The van der Waals surface area contributed by atoms with Gasteiger partial charge in [-0.3, -0.25) is 0 Å².